The summed E-state index contributed by atoms with van der Waals surface area (Å²) in [6, 6.07) is 0.515. The van der Waals surface area contributed by atoms with E-state index < -0.39 is 0 Å². The van der Waals surface area contributed by atoms with Crippen LogP contribution in [-0.4, -0.2) is 55.2 Å². The molecule has 0 aromatic carbocycles. The maximum Gasteiger partial charge on any atom is 0.168 e. The normalized spacial score (nSPS) is 12.3. The van der Waals surface area contributed by atoms with E-state index in [0.717, 1.165) is 31.0 Å². The lowest BCUT2D eigenvalue weighted by molar-refractivity contribution is 0.349. The molecule has 4 heteroatoms. The van der Waals surface area contributed by atoms with Crippen LogP contribution in [0.2, 0.25) is 0 Å². The van der Waals surface area contributed by atoms with Crippen molar-refractivity contribution in [1.82, 2.24) is 15.1 Å². The summed E-state index contributed by atoms with van der Waals surface area (Å²) >= 11 is 5.81. The predicted molar refractivity (Wildman–Crippen MR) is 219 cm³/mol. The number of nitrogens with one attached hydrogen (secondary N) is 1. The lowest BCUT2D eigenvalue weighted by Gasteiger charge is -2.27. The number of allylic oxidation sites excluding steroid dienone is 8. The van der Waals surface area contributed by atoms with Crippen molar-refractivity contribution in [3.8, 4) is 0 Å². The third kappa shape index (κ3) is 35.7. The van der Waals surface area contributed by atoms with E-state index in [-0.39, 0.29) is 0 Å². The Bertz CT molecular complexity index is 721. The molecule has 0 bridgehead atoms. The van der Waals surface area contributed by atoms with Gasteiger partial charge in [-0.3, -0.25) is 0 Å². The molecule has 0 fully saturated rings. The third-order valence-corrected chi connectivity index (χ3v) is 9.49. The van der Waals surface area contributed by atoms with Gasteiger partial charge in [0.2, 0.25) is 0 Å². The van der Waals surface area contributed by atoms with E-state index in [9.17, 15) is 0 Å². The molecule has 47 heavy (non-hydrogen) atoms. The zero-order chi connectivity index (χ0) is 34.5. The van der Waals surface area contributed by atoms with Crippen LogP contribution in [0.1, 0.15) is 181 Å². The van der Waals surface area contributed by atoms with E-state index in [1.54, 1.807) is 0 Å². The number of hydrogen-bond acceptors (Lipinski definition) is 2. The van der Waals surface area contributed by atoms with E-state index in [1.165, 1.54) is 154 Å². The molecule has 3 nitrogen and oxygen atoms in total. The Balaban J connectivity index is 4.13. The monoisotopic (exact) mass is 672 g/mol. The highest BCUT2D eigenvalue weighted by Gasteiger charge is 2.13. The van der Waals surface area contributed by atoms with Crippen LogP contribution in [0.15, 0.2) is 48.6 Å². The van der Waals surface area contributed by atoms with Crippen LogP contribution in [0.25, 0.3) is 0 Å². The maximum atomic E-state index is 5.81. The van der Waals surface area contributed by atoms with Gasteiger partial charge in [0.25, 0.3) is 0 Å². The van der Waals surface area contributed by atoms with Crippen LogP contribution in [0, 0.1) is 0 Å². The Hall–Kier alpha value is -1.39. The fourth-order valence-corrected chi connectivity index (χ4v) is 6.04. The summed E-state index contributed by atoms with van der Waals surface area (Å²) in [5.41, 5.74) is 0. The van der Waals surface area contributed by atoms with Crippen molar-refractivity contribution in [3.05, 3.63) is 48.6 Å². The summed E-state index contributed by atoms with van der Waals surface area (Å²) in [6.45, 7) is 6.54. The quantitative estimate of drug-likeness (QED) is 0.0417. The molecule has 274 valence electrons. The van der Waals surface area contributed by atoms with Crippen molar-refractivity contribution in [2.75, 3.05) is 34.2 Å². The van der Waals surface area contributed by atoms with Crippen molar-refractivity contribution in [2.24, 2.45) is 0 Å². The predicted octanol–water partition coefficient (Wildman–Crippen LogP) is 13.1. The number of likely N-dealkylation sites (N-methyl/N-ethyl adjacent to an activating group) is 2. The van der Waals surface area contributed by atoms with Gasteiger partial charge in [0.1, 0.15) is 0 Å². The second kappa shape index (κ2) is 37.4. The Morgan fingerprint density at radius 3 is 1.23 bits per heavy atom. The average Bonchev–Trinajstić information content (AvgIpc) is 3.06. The van der Waals surface area contributed by atoms with E-state index in [1.807, 2.05) is 0 Å². The van der Waals surface area contributed by atoms with E-state index >= 15 is 0 Å². The Labute approximate surface area is 301 Å². The van der Waals surface area contributed by atoms with Crippen LogP contribution in [0.3, 0.4) is 0 Å². The second-order valence-corrected chi connectivity index (χ2v) is 14.5. The molecule has 0 spiro atoms. The fourth-order valence-electron chi connectivity index (χ4n) is 5.78. The molecule has 0 aromatic rings. The molecule has 0 rings (SSSR count). The second-order valence-electron chi connectivity index (χ2n) is 14.1. The summed E-state index contributed by atoms with van der Waals surface area (Å²) in [6.07, 6.45) is 52.8. The first kappa shape index (κ1) is 45.6. The van der Waals surface area contributed by atoms with E-state index in [2.05, 4.69) is 98.7 Å². The summed E-state index contributed by atoms with van der Waals surface area (Å²) in [5, 5.41) is 4.69. The van der Waals surface area contributed by atoms with Crippen molar-refractivity contribution in [2.45, 2.75) is 187 Å². The van der Waals surface area contributed by atoms with Gasteiger partial charge >= 0.3 is 0 Å². The number of hydrogen-bond donors (Lipinski definition) is 1. The van der Waals surface area contributed by atoms with Crippen molar-refractivity contribution in [1.29, 1.82) is 0 Å². The Morgan fingerprint density at radius 1 is 0.489 bits per heavy atom. The van der Waals surface area contributed by atoms with Crippen LogP contribution < -0.4 is 5.32 Å². The molecule has 0 aromatic heterocycles. The highest BCUT2D eigenvalue weighted by Crippen LogP contribution is 2.16. The number of thiocarbonyl (C=S) groups is 1. The summed E-state index contributed by atoms with van der Waals surface area (Å²) in [4.78, 5) is 4.45. The average molecular weight is 672 g/mol. The molecule has 0 saturated carbocycles. The van der Waals surface area contributed by atoms with Crippen molar-refractivity contribution < 1.29 is 0 Å². The fraction of sp³-hybridized carbons (Fsp3) is 0.791. The van der Waals surface area contributed by atoms with Gasteiger partial charge in [0.15, 0.2) is 5.11 Å². The van der Waals surface area contributed by atoms with Crippen LogP contribution in [0.5, 0.6) is 0 Å². The molecular weight excluding hydrogens is 591 g/mol. The number of rotatable bonds is 34. The van der Waals surface area contributed by atoms with Gasteiger partial charge in [-0.05, 0) is 103 Å². The van der Waals surface area contributed by atoms with Gasteiger partial charge < -0.3 is 15.1 Å². The molecule has 0 heterocycles. The molecular formula is C43H81N3S. The highest BCUT2D eigenvalue weighted by atomic mass is 32.1. The zero-order valence-corrected chi connectivity index (χ0v) is 33.1. The molecule has 0 aliphatic rings. The number of unbranched alkanes of at least 4 members (excludes halogenated alkanes) is 18. The zero-order valence-electron chi connectivity index (χ0n) is 32.3. The van der Waals surface area contributed by atoms with Crippen LogP contribution in [-0.2, 0) is 0 Å². The minimum atomic E-state index is 0.515. The minimum absolute atomic E-state index is 0.515. The van der Waals surface area contributed by atoms with Gasteiger partial charge in [-0.2, -0.15) is 0 Å². The van der Waals surface area contributed by atoms with E-state index in [4.69, 9.17) is 12.2 Å². The van der Waals surface area contributed by atoms with Crippen LogP contribution >= 0.6 is 12.2 Å². The smallest absolute Gasteiger partial charge is 0.168 e. The molecule has 0 atom stereocenters. The first-order chi connectivity index (χ1) is 23.0. The minimum Gasteiger partial charge on any atom is -0.360 e. The number of nitrogens with zero attached hydrogens (tertiary/aromatic N) is 2. The molecule has 0 aliphatic heterocycles. The van der Waals surface area contributed by atoms with Crippen LogP contribution in [0.4, 0.5) is 0 Å². The molecule has 0 amide bonds. The van der Waals surface area contributed by atoms with Gasteiger partial charge in [0, 0.05) is 26.2 Å². The standard InChI is InChI=1S/C43H81N3S/c1-6-8-10-12-14-16-18-20-22-24-26-28-30-32-34-36-38-42(44-43(47)46(5)41-40-45(3)4)39-37-35-33-31-29-27-25-23-21-19-17-15-13-11-9-7-2/h14-17,20-23,42H,6-13,18-19,24-41H2,1-5H3,(H,44,47)/b16-14-,17-15-,22-20-,23-21-. The Morgan fingerprint density at radius 2 is 0.851 bits per heavy atom. The molecule has 0 unspecified atom stereocenters. The molecule has 0 aliphatic carbocycles. The summed E-state index contributed by atoms with van der Waals surface area (Å²) < 4.78 is 0. The van der Waals surface area contributed by atoms with Crippen molar-refractivity contribution in [3.63, 3.8) is 0 Å². The summed E-state index contributed by atoms with van der Waals surface area (Å²) in [5.74, 6) is 0. The SMILES string of the molecule is CCCCC/C=C\C/C=C\CCCCCCCCC(CCCCCCCC/C=C\C/C=C\CCCCC)NC(=S)N(C)CCN(C)C. The molecule has 0 saturated heterocycles. The maximum absolute atomic E-state index is 5.81. The first-order valence-corrected chi connectivity index (χ1v) is 20.7. The molecule has 1 N–H and O–H groups in total. The lowest BCUT2D eigenvalue weighted by Crippen LogP contribution is -2.44. The van der Waals surface area contributed by atoms with Gasteiger partial charge in [-0.1, -0.05) is 152 Å². The van der Waals surface area contributed by atoms with Gasteiger partial charge in [-0.15, -0.1) is 0 Å². The highest BCUT2D eigenvalue weighted by molar-refractivity contribution is 7.80. The largest absolute Gasteiger partial charge is 0.360 e. The van der Waals surface area contributed by atoms with E-state index in [0.29, 0.717) is 6.04 Å². The Kier molecular flexibility index (Phi) is 36.3. The molecule has 0 radical (unpaired) electrons. The summed E-state index contributed by atoms with van der Waals surface area (Å²) in [7, 11) is 6.39. The lowest BCUT2D eigenvalue weighted by atomic mass is 10.00. The topological polar surface area (TPSA) is 18.5 Å². The van der Waals surface area contributed by atoms with Crippen molar-refractivity contribution >= 4 is 17.3 Å². The van der Waals surface area contributed by atoms with Gasteiger partial charge in [-0.25, -0.2) is 0 Å². The third-order valence-electron chi connectivity index (χ3n) is 9.06. The first-order valence-electron chi connectivity index (χ1n) is 20.3. The van der Waals surface area contributed by atoms with Gasteiger partial charge in [0.05, 0.1) is 0 Å².